The predicted molar refractivity (Wildman–Crippen MR) is 111 cm³/mol. The van der Waals surface area contributed by atoms with Crippen LogP contribution in [-0.4, -0.2) is 48.3 Å². The van der Waals surface area contributed by atoms with Gasteiger partial charge >= 0.3 is 0 Å². The molecule has 1 saturated heterocycles. The zero-order valence-electron chi connectivity index (χ0n) is 15.5. The molecule has 1 fully saturated rings. The minimum atomic E-state index is -3.25. The third-order valence-electron chi connectivity index (χ3n) is 5.32. The van der Waals surface area contributed by atoms with Crippen molar-refractivity contribution in [3.8, 4) is 0 Å². The number of pyridine rings is 1. The van der Waals surface area contributed by atoms with Crippen LogP contribution in [0.5, 0.6) is 0 Å². The Hall–Kier alpha value is -2.98. The summed E-state index contributed by atoms with van der Waals surface area (Å²) in [5, 5.41) is 10.0. The number of H-pyrrole nitrogens is 1. The highest BCUT2D eigenvalue weighted by Gasteiger charge is 2.26. The fourth-order valence-corrected chi connectivity index (χ4v) is 5.41. The average molecular weight is 412 g/mol. The number of sulfone groups is 1. The molecule has 150 valence electrons. The topological polar surface area (TPSA) is 129 Å². The van der Waals surface area contributed by atoms with Gasteiger partial charge in [0.1, 0.15) is 11.2 Å². The van der Waals surface area contributed by atoms with Gasteiger partial charge in [-0.2, -0.15) is 4.98 Å². The summed E-state index contributed by atoms with van der Waals surface area (Å²) in [6.07, 6.45) is 3.03. The predicted octanol–water partition coefficient (Wildman–Crippen LogP) is 1.17. The minimum Gasteiger partial charge on any atom is -0.350 e. The maximum absolute atomic E-state index is 12.4. The van der Waals surface area contributed by atoms with E-state index in [9.17, 15) is 13.2 Å². The number of hydrogen-bond donors (Lipinski definition) is 4. The van der Waals surface area contributed by atoms with E-state index in [0.717, 1.165) is 25.1 Å². The number of hydrogen-bond acceptors (Lipinski definition) is 8. The van der Waals surface area contributed by atoms with Gasteiger partial charge in [-0.25, -0.2) is 13.4 Å². The Bertz CT molecular complexity index is 1260. The van der Waals surface area contributed by atoms with Gasteiger partial charge in [0.2, 0.25) is 5.95 Å². The van der Waals surface area contributed by atoms with Gasteiger partial charge in [0.25, 0.3) is 5.56 Å². The highest BCUT2D eigenvalue weighted by atomic mass is 32.2. The molecular formula is C19H20N6O3S. The molecule has 3 aromatic rings. The zero-order valence-corrected chi connectivity index (χ0v) is 16.3. The van der Waals surface area contributed by atoms with Crippen molar-refractivity contribution < 1.29 is 8.42 Å². The molecule has 1 unspecified atom stereocenters. The molecule has 10 heteroatoms. The first-order valence-electron chi connectivity index (χ1n) is 9.49. The van der Waals surface area contributed by atoms with Crippen LogP contribution < -0.4 is 21.5 Å². The van der Waals surface area contributed by atoms with E-state index in [2.05, 4.69) is 30.9 Å². The Morgan fingerprint density at radius 1 is 1.17 bits per heavy atom. The van der Waals surface area contributed by atoms with Gasteiger partial charge in [-0.1, -0.05) is 6.07 Å². The van der Waals surface area contributed by atoms with E-state index in [0.29, 0.717) is 39.7 Å². The zero-order chi connectivity index (χ0) is 20.0. The third kappa shape index (κ3) is 3.34. The molecule has 2 aromatic heterocycles. The highest BCUT2D eigenvalue weighted by molar-refractivity contribution is 7.91. The van der Waals surface area contributed by atoms with E-state index in [1.54, 1.807) is 30.5 Å². The molecule has 2 aliphatic rings. The van der Waals surface area contributed by atoms with Crippen molar-refractivity contribution in [2.45, 2.75) is 23.8 Å². The van der Waals surface area contributed by atoms with Gasteiger partial charge in [-0.15, -0.1) is 0 Å². The summed E-state index contributed by atoms with van der Waals surface area (Å²) >= 11 is 0. The molecule has 4 heterocycles. The second kappa shape index (κ2) is 6.82. The lowest BCUT2D eigenvalue weighted by atomic mass is 10.1. The van der Waals surface area contributed by atoms with Gasteiger partial charge in [-0.05, 0) is 43.1 Å². The Labute approximate surface area is 166 Å². The van der Waals surface area contributed by atoms with Crippen LogP contribution >= 0.6 is 0 Å². The molecule has 5 rings (SSSR count). The van der Waals surface area contributed by atoms with Crippen molar-refractivity contribution in [2.75, 3.05) is 29.5 Å². The molecule has 0 spiro atoms. The van der Waals surface area contributed by atoms with Gasteiger partial charge in [-0.3, -0.25) is 4.79 Å². The van der Waals surface area contributed by atoms with Crippen LogP contribution in [0.15, 0.2) is 40.2 Å². The number of nitrogens with zero attached hydrogens (tertiary/aromatic N) is 2. The number of benzene rings is 1. The first kappa shape index (κ1) is 18.1. The summed E-state index contributed by atoms with van der Waals surface area (Å²) in [4.78, 5) is 24.4. The van der Waals surface area contributed by atoms with Crippen molar-refractivity contribution in [2.24, 2.45) is 0 Å². The lowest BCUT2D eigenvalue weighted by molar-refractivity contribution is 0.600. The second-order valence-electron chi connectivity index (χ2n) is 7.31. The Kier molecular flexibility index (Phi) is 4.25. The quantitative estimate of drug-likeness (QED) is 0.503. The first-order valence-corrected chi connectivity index (χ1v) is 11.1. The molecule has 0 bridgehead atoms. The number of aryl methyl sites for hydroxylation is 1. The van der Waals surface area contributed by atoms with E-state index in [1.165, 1.54) is 0 Å². The summed E-state index contributed by atoms with van der Waals surface area (Å²) in [7, 11) is -3.25. The normalized spacial score (nSPS) is 19.9. The summed E-state index contributed by atoms with van der Waals surface area (Å²) < 4.78 is 24.5. The van der Waals surface area contributed by atoms with Crippen molar-refractivity contribution in [1.29, 1.82) is 0 Å². The molecule has 1 aromatic carbocycles. The number of rotatable bonds is 4. The number of anilines is 3. The highest BCUT2D eigenvalue weighted by Crippen LogP contribution is 2.30. The van der Waals surface area contributed by atoms with Gasteiger partial charge in [0, 0.05) is 24.5 Å². The molecule has 4 N–H and O–H groups in total. The Morgan fingerprint density at radius 3 is 2.90 bits per heavy atom. The number of nitrogens with one attached hydrogen (secondary N) is 4. The second-order valence-corrected chi connectivity index (χ2v) is 9.39. The number of fused-ring (bicyclic) bond motifs is 2. The standard InChI is InChI=1S/C19H20N6O3S/c26-18-16-14(4-7-21-18)24-19(23-13-3-6-20-10-13)25-17(16)22-12-2-1-11-5-8-29(27,28)15(11)9-12/h1-2,4,7,9,13,20H,3,5-6,8,10H2,(H,21,26)(H2,22,23,24,25). The van der Waals surface area contributed by atoms with Crippen molar-refractivity contribution in [1.82, 2.24) is 20.3 Å². The summed E-state index contributed by atoms with van der Waals surface area (Å²) in [6, 6.07) is 7.15. The van der Waals surface area contributed by atoms with Crippen LogP contribution in [0.1, 0.15) is 12.0 Å². The maximum Gasteiger partial charge on any atom is 0.261 e. The monoisotopic (exact) mass is 412 g/mol. The van der Waals surface area contributed by atoms with Crippen molar-refractivity contribution in [3.63, 3.8) is 0 Å². The summed E-state index contributed by atoms with van der Waals surface area (Å²) in [5.41, 5.74) is 1.57. The van der Waals surface area contributed by atoms with Crippen LogP contribution in [0.25, 0.3) is 10.9 Å². The SMILES string of the molecule is O=c1[nH]ccc2nc(NC3CCNC3)nc(Nc3ccc4c(c3)S(=O)(=O)CC4)c12. The van der Waals surface area contributed by atoms with Crippen LogP contribution in [0.3, 0.4) is 0 Å². The molecule has 2 aliphatic heterocycles. The van der Waals surface area contributed by atoms with Gasteiger partial charge in [0.05, 0.1) is 16.2 Å². The van der Waals surface area contributed by atoms with Crippen LogP contribution in [0.2, 0.25) is 0 Å². The first-order chi connectivity index (χ1) is 14.0. The number of aromatic nitrogens is 3. The Morgan fingerprint density at radius 2 is 2.07 bits per heavy atom. The van der Waals surface area contributed by atoms with E-state index >= 15 is 0 Å². The minimum absolute atomic E-state index is 0.130. The van der Waals surface area contributed by atoms with Gasteiger partial charge < -0.3 is 20.9 Å². The third-order valence-corrected chi connectivity index (χ3v) is 7.11. The lowest BCUT2D eigenvalue weighted by Gasteiger charge is -2.14. The molecule has 0 radical (unpaired) electrons. The van der Waals surface area contributed by atoms with Crippen LogP contribution in [0, 0.1) is 0 Å². The maximum atomic E-state index is 12.4. The summed E-state index contributed by atoms with van der Waals surface area (Å²) in [5.74, 6) is 0.888. The molecule has 1 atom stereocenters. The lowest BCUT2D eigenvalue weighted by Crippen LogP contribution is -2.24. The Balaban J connectivity index is 1.57. The van der Waals surface area contributed by atoms with E-state index in [-0.39, 0.29) is 17.4 Å². The van der Waals surface area contributed by atoms with Gasteiger partial charge in [0.15, 0.2) is 9.84 Å². The van der Waals surface area contributed by atoms with E-state index < -0.39 is 9.84 Å². The number of aromatic amines is 1. The van der Waals surface area contributed by atoms with E-state index in [1.807, 2.05) is 0 Å². The van der Waals surface area contributed by atoms with E-state index in [4.69, 9.17) is 0 Å². The molecular weight excluding hydrogens is 392 g/mol. The largest absolute Gasteiger partial charge is 0.350 e. The molecule has 29 heavy (non-hydrogen) atoms. The molecule has 0 saturated carbocycles. The average Bonchev–Trinajstić information content (AvgIpc) is 3.30. The molecule has 0 aliphatic carbocycles. The molecule has 9 nitrogen and oxygen atoms in total. The van der Waals surface area contributed by atoms with Crippen LogP contribution in [-0.2, 0) is 16.3 Å². The van der Waals surface area contributed by atoms with Crippen molar-refractivity contribution in [3.05, 3.63) is 46.4 Å². The van der Waals surface area contributed by atoms with Crippen LogP contribution in [0.4, 0.5) is 17.5 Å². The fraction of sp³-hybridized carbons (Fsp3) is 0.316. The summed E-state index contributed by atoms with van der Waals surface area (Å²) in [6.45, 7) is 1.75. The fourth-order valence-electron chi connectivity index (χ4n) is 3.83. The van der Waals surface area contributed by atoms with Crippen molar-refractivity contribution >= 4 is 38.2 Å². The molecule has 0 amide bonds. The smallest absolute Gasteiger partial charge is 0.261 e.